The molecular formula is C14H18FNO3S. The first-order valence-corrected chi connectivity index (χ1v) is 8.51. The van der Waals surface area contributed by atoms with E-state index in [1.54, 1.807) is 18.2 Å². The van der Waals surface area contributed by atoms with Crippen LogP contribution in [0.15, 0.2) is 24.3 Å². The molecule has 1 amide bonds. The summed E-state index contributed by atoms with van der Waals surface area (Å²) in [5, 5.41) is 2.76. The molecule has 0 atom stereocenters. The predicted molar refractivity (Wildman–Crippen MR) is 74.5 cm³/mol. The lowest BCUT2D eigenvalue weighted by molar-refractivity contribution is -0.125. The van der Waals surface area contributed by atoms with E-state index in [9.17, 15) is 17.6 Å². The number of hydrogen-bond acceptors (Lipinski definition) is 3. The third kappa shape index (κ3) is 4.03. The van der Waals surface area contributed by atoms with Crippen molar-refractivity contribution < 1.29 is 17.6 Å². The minimum absolute atomic E-state index is 0.0817. The van der Waals surface area contributed by atoms with E-state index in [-0.39, 0.29) is 29.1 Å². The minimum Gasteiger partial charge on any atom is -0.356 e. The Morgan fingerprint density at radius 3 is 2.55 bits per heavy atom. The number of rotatable bonds is 4. The Hall–Kier alpha value is -1.43. The molecule has 1 heterocycles. The van der Waals surface area contributed by atoms with Crippen LogP contribution in [-0.2, 0) is 21.1 Å². The third-order valence-corrected chi connectivity index (χ3v) is 5.29. The number of hydrogen-bond donors (Lipinski definition) is 1. The molecule has 0 spiro atoms. The molecule has 2 rings (SSSR count). The number of halogens is 1. The molecule has 1 aliphatic rings. The Bertz CT molecular complexity index is 572. The van der Waals surface area contributed by atoms with Crippen LogP contribution >= 0.6 is 0 Å². The molecule has 1 aromatic carbocycles. The maximum atomic E-state index is 13.4. The molecule has 0 aliphatic carbocycles. The topological polar surface area (TPSA) is 63.2 Å². The van der Waals surface area contributed by atoms with Crippen molar-refractivity contribution in [2.45, 2.75) is 19.3 Å². The quantitative estimate of drug-likeness (QED) is 0.912. The highest BCUT2D eigenvalue weighted by atomic mass is 32.2. The number of carbonyl (C=O) groups excluding carboxylic acids is 1. The predicted octanol–water partition coefficient (Wildman–Crippen LogP) is 1.31. The molecule has 6 heteroatoms. The first-order chi connectivity index (χ1) is 9.48. The maximum Gasteiger partial charge on any atom is 0.223 e. The van der Waals surface area contributed by atoms with Crippen molar-refractivity contribution >= 4 is 15.7 Å². The van der Waals surface area contributed by atoms with Crippen molar-refractivity contribution in [3.63, 3.8) is 0 Å². The van der Waals surface area contributed by atoms with E-state index in [2.05, 4.69) is 5.32 Å². The highest BCUT2D eigenvalue weighted by Crippen LogP contribution is 2.18. The summed E-state index contributed by atoms with van der Waals surface area (Å²) in [4.78, 5) is 11.9. The normalized spacial score (nSPS) is 18.6. The first kappa shape index (κ1) is 15.0. The third-order valence-electron chi connectivity index (χ3n) is 3.58. The molecule has 110 valence electrons. The van der Waals surface area contributed by atoms with Crippen molar-refractivity contribution in [3.8, 4) is 0 Å². The molecule has 20 heavy (non-hydrogen) atoms. The number of nitrogens with one attached hydrogen (secondary N) is 1. The van der Waals surface area contributed by atoms with Crippen LogP contribution in [0.2, 0.25) is 0 Å². The molecule has 0 saturated carbocycles. The van der Waals surface area contributed by atoms with Crippen LogP contribution in [0.4, 0.5) is 4.39 Å². The Balaban J connectivity index is 1.77. The van der Waals surface area contributed by atoms with Gasteiger partial charge in [-0.15, -0.1) is 0 Å². The number of sulfone groups is 1. The number of benzene rings is 1. The lowest BCUT2D eigenvalue weighted by atomic mass is 10.0. The van der Waals surface area contributed by atoms with E-state index in [0.29, 0.717) is 31.4 Å². The summed E-state index contributed by atoms with van der Waals surface area (Å²) in [6, 6.07) is 6.46. The molecular weight excluding hydrogens is 281 g/mol. The van der Waals surface area contributed by atoms with Gasteiger partial charge in [0, 0.05) is 12.5 Å². The van der Waals surface area contributed by atoms with E-state index >= 15 is 0 Å². The largest absolute Gasteiger partial charge is 0.356 e. The summed E-state index contributed by atoms with van der Waals surface area (Å²) in [5.74, 6) is -0.475. The summed E-state index contributed by atoms with van der Waals surface area (Å²) in [7, 11) is -2.95. The SMILES string of the molecule is O=C(NCCc1ccccc1F)C1CCS(=O)(=O)CC1. The summed E-state index contributed by atoms with van der Waals surface area (Å²) in [6.07, 6.45) is 1.20. The van der Waals surface area contributed by atoms with Gasteiger partial charge in [0.1, 0.15) is 15.7 Å². The fourth-order valence-corrected chi connectivity index (χ4v) is 3.81. The minimum atomic E-state index is -2.95. The smallest absolute Gasteiger partial charge is 0.223 e. The highest BCUT2D eigenvalue weighted by Gasteiger charge is 2.28. The highest BCUT2D eigenvalue weighted by molar-refractivity contribution is 7.91. The van der Waals surface area contributed by atoms with Crippen LogP contribution in [-0.4, -0.2) is 32.4 Å². The molecule has 1 aliphatic heterocycles. The van der Waals surface area contributed by atoms with Gasteiger partial charge in [-0.1, -0.05) is 18.2 Å². The van der Waals surface area contributed by atoms with Crippen molar-refractivity contribution in [1.82, 2.24) is 5.32 Å². The summed E-state index contributed by atoms with van der Waals surface area (Å²) < 4.78 is 35.9. The zero-order valence-electron chi connectivity index (χ0n) is 11.1. The Morgan fingerprint density at radius 2 is 1.90 bits per heavy atom. The molecule has 4 nitrogen and oxygen atoms in total. The second-order valence-corrected chi connectivity index (χ2v) is 7.36. The maximum absolute atomic E-state index is 13.4. The molecule has 0 radical (unpaired) electrons. The molecule has 1 fully saturated rings. The summed E-state index contributed by atoms with van der Waals surface area (Å²) in [5.41, 5.74) is 0.569. The second-order valence-electron chi connectivity index (χ2n) is 5.06. The molecule has 0 unspecified atom stereocenters. The van der Waals surface area contributed by atoms with Crippen LogP contribution in [0, 0.1) is 11.7 Å². The zero-order valence-corrected chi connectivity index (χ0v) is 12.0. The molecule has 1 aromatic rings. The zero-order chi connectivity index (χ0) is 14.6. The van der Waals surface area contributed by atoms with Gasteiger partial charge in [-0.25, -0.2) is 12.8 Å². The van der Waals surface area contributed by atoms with E-state index < -0.39 is 9.84 Å². The monoisotopic (exact) mass is 299 g/mol. The average molecular weight is 299 g/mol. The lowest BCUT2D eigenvalue weighted by Gasteiger charge is -2.21. The summed E-state index contributed by atoms with van der Waals surface area (Å²) >= 11 is 0. The van der Waals surface area contributed by atoms with Crippen molar-refractivity contribution in [2.24, 2.45) is 5.92 Å². The van der Waals surface area contributed by atoms with Gasteiger partial charge in [0.2, 0.25) is 5.91 Å². The van der Waals surface area contributed by atoms with Gasteiger partial charge in [0.05, 0.1) is 11.5 Å². The van der Waals surface area contributed by atoms with Gasteiger partial charge in [0.25, 0.3) is 0 Å². The van der Waals surface area contributed by atoms with Gasteiger partial charge >= 0.3 is 0 Å². The van der Waals surface area contributed by atoms with E-state index in [1.165, 1.54) is 6.07 Å². The molecule has 0 bridgehead atoms. The molecule has 0 aromatic heterocycles. The number of carbonyl (C=O) groups is 1. The molecule has 1 saturated heterocycles. The molecule has 1 N–H and O–H groups in total. The van der Waals surface area contributed by atoms with Crippen LogP contribution < -0.4 is 5.32 Å². The Kier molecular flexibility index (Phi) is 4.75. The van der Waals surface area contributed by atoms with E-state index in [4.69, 9.17) is 0 Å². The van der Waals surface area contributed by atoms with Gasteiger partial charge in [-0.05, 0) is 30.9 Å². The van der Waals surface area contributed by atoms with Crippen molar-refractivity contribution in [1.29, 1.82) is 0 Å². The standard InChI is InChI=1S/C14H18FNO3S/c15-13-4-2-1-3-11(13)5-8-16-14(17)12-6-9-20(18,19)10-7-12/h1-4,12H,5-10H2,(H,16,17). The van der Waals surface area contributed by atoms with Gasteiger partial charge in [0.15, 0.2) is 0 Å². The summed E-state index contributed by atoms with van der Waals surface area (Å²) in [6.45, 7) is 0.364. The van der Waals surface area contributed by atoms with Gasteiger partial charge in [-0.3, -0.25) is 4.79 Å². The van der Waals surface area contributed by atoms with Crippen LogP contribution in [0.3, 0.4) is 0 Å². The fourth-order valence-electron chi connectivity index (χ4n) is 2.32. The van der Waals surface area contributed by atoms with Crippen LogP contribution in [0.25, 0.3) is 0 Å². The second kappa shape index (κ2) is 6.35. The fraction of sp³-hybridized carbons (Fsp3) is 0.500. The van der Waals surface area contributed by atoms with Crippen LogP contribution in [0.1, 0.15) is 18.4 Å². The van der Waals surface area contributed by atoms with Gasteiger partial charge < -0.3 is 5.32 Å². The first-order valence-electron chi connectivity index (χ1n) is 6.69. The Labute approximate surface area is 118 Å². The average Bonchev–Trinajstić information content (AvgIpc) is 2.40. The van der Waals surface area contributed by atoms with Gasteiger partial charge in [-0.2, -0.15) is 0 Å². The van der Waals surface area contributed by atoms with Crippen molar-refractivity contribution in [3.05, 3.63) is 35.6 Å². The Morgan fingerprint density at radius 1 is 1.25 bits per heavy atom. The van der Waals surface area contributed by atoms with Crippen molar-refractivity contribution in [2.75, 3.05) is 18.1 Å². The van der Waals surface area contributed by atoms with Crippen LogP contribution in [0.5, 0.6) is 0 Å². The van der Waals surface area contributed by atoms with E-state index in [1.807, 2.05) is 0 Å². The number of amides is 1. The lowest BCUT2D eigenvalue weighted by Crippen LogP contribution is -2.37. The van der Waals surface area contributed by atoms with E-state index in [0.717, 1.165) is 0 Å².